The van der Waals surface area contributed by atoms with Gasteiger partial charge in [0.05, 0.1) is 49.6 Å². The van der Waals surface area contributed by atoms with Gasteiger partial charge in [0.25, 0.3) is 0 Å². The molecule has 0 aliphatic rings. The Morgan fingerprint density at radius 2 is 0.259 bits per heavy atom. The molecule has 0 saturated carbocycles. The van der Waals surface area contributed by atoms with Crippen molar-refractivity contribution >= 4 is 159 Å². The summed E-state index contributed by atoms with van der Waals surface area (Å²) in [6, 6.07) is 121. The van der Waals surface area contributed by atoms with Gasteiger partial charge in [-0.05, 0) is 209 Å². The minimum Gasteiger partial charge on any atom is -0.0620 e. The summed E-state index contributed by atoms with van der Waals surface area (Å²) in [5.41, 5.74) is 0. The van der Waals surface area contributed by atoms with E-state index < -0.39 is 31.7 Å². The molecule has 0 bridgehead atoms. The zero-order valence-corrected chi connectivity index (χ0v) is 56.1. The first-order chi connectivity index (χ1) is 39.4. The van der Waals surface area contributed by atoms with E-state index in [9.17, 15) is 0 Å². The van der Waals surface area contributed by atoms with Crippen molar-refractivity contribution in [3.8, 4) is 0 Å². The van der Waals surface area contributed by atoms with E-state index in [1.807, 2.05) is 0 Å². The molecule has 0 aromatic heterocycles. The number of hydrogen-bond donors (Lipinski definition) is 0. The van der Waals surface area contributed by atoms with E-state index in [-0.39, 0.29) is 20.4 Å². The molecule has 12 aromatic rings. The summed E-state index contributed by atoms with van der Waals surface area (Å²) in [4.78, 5) is 0. The van der Waals surface area contributed by atoms with Gasteiger partial charge in [-0.3, -0.25) is 0 Å². The molecular weight excluding hydrogens is 1410 g/mol. The van der Waals surface area contributed by atoms with E-state index in [1.165, 1.54) is 81.5 Å². The summed E-state index contributed by atoms with van der Waals surface area (Å²) in [5, 5.41) is 16.9. The molecular formula is C72H60Br4P4Pd+4. The molecule has 0 nitrogen and oxygen atoms in total. The summed E-state index contributed by atoms with van der Waals surface area (Å²) in [6.45, 7) is 0. The van der Waals surface area contributed by atoms with Gasteiger partial charge in [-0.15, -0.1) is 0 Å². The van der Waals surface area contributed by atoms with Gasteiger partial charge in [0.1, 0.15) is 63.7 Å². The Kier molecular flexibility index (Phi) is 25.5. The van der Waals surface area contributed by atoms with Crippen LogP contribution in [0.15, 0.2) is 358 Å². The van der Waals surface area contributed by atoms with Gasteiger partial charge in [0, 0.05) is 20.4 Å². The van der Waals surface area contributed by atoms with Gasteiger partial charge in [0.2, 0.25) is 0 Å². The first kappa shape index (κ1) is 62.0. The zero-order valence-electron chi connectivity index (χ0n) is 44.2. The van der Waals surface area contributed by atoms with Crippen molar-refractivity contribution in [2.45, 2.75) is 0 Å². The average Bonchev–Trinajstić information content (AvgIpc) is 3.52. The largest absolute Gasteiger partial charge is 0.116 e. The SMILES string of the molecule is Brc1ccccc1[PH+](c1ccccc1)c1ccccc1.Brc1ccccc1[PH+](c1ccccc1)c1ccccc1.Brc1ccccc1[PH+](c1ccccc1)c1ccccc1.Brc1ccccc1[PH+](c1ccccc1)c1ccccc1.[Pd]. The molecule has 0 radical (unpaired) electrons. The fourth-order valence-corrected chi connectivity index (χ4v) is 23.3. The summed E-state index contributed by atoms with van der Waals surface area (Å²) in [6.07, 6.45) is 0. The Labute approximate surface area is 531 Å². The van der Waals surface area contributed by atoms with E-state index in [2.05, 4.69) is 403 Å². The predicted molar refractivity (Wildman–Crippen MR) is 377 cm³/mol. The molecule has 0 unspecified atom stereocenters. The number of hydrogen-bond acceptors (Lipinski definition) is 0. The second-order valence-electron chi connectivity index (χ2n) is 18.3. The first-order valence-corrected chi connectivity index (χ1v) is 35.5. The minimum atomic E-state index is -0.954. The van der Waals surface area contributed by atoms with Gasteiger partial charge in [-0.2, -0.15) is 0 Å². The number of benzene rings is 12. The molecule has 0 saturated heterocycles. The molecule has 0 atom stereocenters. The molecule has 0 fully saturated rings. The third-order valence-corrected chi connectivity index (χ3v) is 28.5. The van der Waals surface area contributed by atoms with Crippen LogP contribution in [-0.2, 0) is 20.4 Å². The normalized spacial score (nSPS) is 10.6. The van der Waals surface area contributed by atoms with Crippen LogP contribution in [0.1, 0.15) is 0 Å². The van der Waals surface area contributed by atoms with Gasteiger partial charge < -0.3 is 0 Å². The standard InChI is InChI=1S/4C18H14BrP.Pd/c4*19-17-13-7-8-14-18(17)20(15-9-3-1-4-10-15)16-11-5-2-6-12-16;/h4*1-14H;/p+4. The molecule has 9 heteroatoms. The van der Waals surface area contributed by atoms with Crippen molar-refractivity contribution in [3.05, 3.63) is 358 Å². The molecule has 81 heavy (non-hydrogen) atoms. The fourth-order valence-electron chi connectivity index (χ4n) is 9.41. The van der Waals surface area contributed by atoms with Gasteiger partial charge in [0.15, 0.2) is 0 Å². The molecule has 0 N–H and O–H groups in total. The van der Waals surface area contributed by atoms with E-state index in [0.717, 1.165) is 0 Å². The van der Waals surface area contributed by atoms with Crippen LogP contribution < -0.4 is 63.7 Å². The summed E-state index contributed by atoms with van der Waals surface area (Å²) < 4.78 is 4.78. The topological polar surface area (TPSA) is 0 Å². The van der Waals surface area contributed by atoms with Gasteiger partial charge >= 0.3 is 0 Å². The number of rotatable bonds is 12. The van der Waals surface area contributed by atoms with E-state index >= 15 is 0 Å². The zero-order chi connectivity index (χ0) is 55.1. The molecule has 0 heterocycles. The van der Waals surface area contributed by atoms with Gasteiger partial charge in [-0.1, -0.05) is 194 Å². The van der Waals surface area contributed by atoms with Crippen LogP contribution in [0.5, 0.6) is 0 Å². The molecule has 0 aliphatic carbocycles. The van der Waals surface area contributed by atoms with Crippen LogP contribution in [0.3, 0.4) is 0 Å². The average molecular weight is 1480 g/mol. The molecule has 0 amide bonds. The molecule has 12 aromatic carbocycles. The van der Waals surface area contributed by atoms with E-state index in [1.54, 1.807) is 0 Å². The number of halogens is 4. The molecule has 0 aliphatic heterocycles. The summed E-state index contributed by atoms with van der Waals surface area (Å²) >= 11 is 14.9. The third kappa shape index (κ3) is 17.5. The van der Waals surface area contributed by atoms with Crippen LogP contribution in [0.2, 0.25) is 0 Å². The predicted octanol–water partition coefficient (Wildman–Crippen LogP) is 15.8. The molecule has 0 spiro atoms. The molecule has 402 valence electrons. The van der Waals surface area contributed by atoms with Crippen LogP contribution >= 0.6 is 95.4 Å². The van der Waals surface area contributed by atoms with Crippen LogP contribution in [0, 0.1) is 0 Å². The Morgan fingerprint density at radius 3 is 0.383 bits per heavy atom. The van der Waals surface area contributed by atoms with Gasteiger partial charge in [-0.25, -0.2) is 0 Å². The van der Waals surface area contributed by atoms with Crippen molar-refractivity contribution < 1.29 is 20.4 Å². The second kappa shape index (κ2) is 33.3. The Hall–Kier alpha value is -5.06. The summed E-state index contributed by atoms with van der Waals surface area (Å²) in [7, 11) is -3.82. The Morgan fingerprint density at radius 1 is 0.148 bits per heavy atom. The maximum absolute atomic E-state index is 3.72. The first-order valence-electron chi connectivity index (χ1n) is 26.4. The van der Waals surface area contributed by atoms with E-state index in [4.69, 9.17) is 0 Å². The fraction of sp³-hybridized carbons (Fsp3) is 0. The maximum atomic E-state index is 3.72. The second-order valence-corrected chi connectivity index (χ2v) is 31.5. The molecule has 12 rings (SSSR count). The van der Waals surface area contributed by atoms with Crippen molar-refractivity contribution in [1.29, 1.82) is 0 Å². The van der Waals surface area contributed by atoms with Crippen molar-refractivity contribution in [2.24, 2.45) is 0 Å². The smallest absolute Gasteiger partial charge is 0.0620 e. The van der Waals surface area contributed by atoms with Crippen molar-refractivity contribution in [1.82, 2.24) is 0 Å². The quantitative estimate of drug-likeness (QED) is 0.0845. The van der Waals surface area contributed by atoms with Crippen LogP contribution in [0.4, 0.5) is 0 Å². The Balaban J connectivity index is 0.000000141. The van der Waals surface area contributed by atoms with Crippen LogP contribution in [-0.4, -0.2) is 0 Å². The third-order valence-electron chi connectivity index (χ3n) is 13.1. The minimum absolute atomic E-state index is 0. The monoisotopic (exact) mass is 1470 g/mol. The Bertz CT molecular complexity index is 3070. The van der Waals surface area contributed by atoms with Crippen LogP contribution in [0.25, 0.3) is 0 Å². The summed E-state index contributed by atoms with van der Waals surface area (Å²) in [5.74, 6) is 0. The van der Waals surface area contributed by atoms with E-state index in [0.29, 0.717) is 0 Å². The van der Waals surface area contributed by atoms with Crippen molar-refractivity contribution in [2.75, 3.05) is 0 Å². The maximum Gasteiger partial charge on any atom is 0.116 e. The van der Waals surface area contributed by atoms with Crippen molar-refractivity contribution in [3.63, 3.8) is 0 Å².